The number of nitrogens with zero attached hydrogens (tertiary/aromatic N) is 1. The van der Waals surface area contributed by atoms with E-state index in [2.05, 4.69) is 29.6 Å². The number of rotatable bonds is 6. The van der Waals surface area contributed by atoms with E-state index in [0.717, 1.165) is 43.4 Å². The van der Waals surface area contributed by atoms with E-state index in [9.17, 15) is 4.79 Å². The lowest BCUT2D eigenvalue weighted by atomic mass is 9.89. The van der Waals surface area contributed by atoms with Crippen molar-refractivity contribution < 1.29 is 4.79 Å². The molecule has 0 radical (unpaired) electrons. The fraction of sp³-hybridized carbons (Fsp3) is 0.556. The van der Waals surface area contributed by atoms with E-state index >= 15 is 0 Å². The van der Waals surface area contributed by atoms with Gasteiger partial charge in [0.25, 0.3) is 0 Å². The Kier molecular flexibility index (Phi) is 6.45. The zero-order valence-electron chi connectivity index (χ0n) is 13.0. The molecule has 3 nitrogen and oxygen atoms in total. The number of benzene rings is 1. The molecule has 0 bridgehead atoms. The fourth-order valence-corrected chi connectivity index (χ4v) is 2.82. The first-order valence-electron chi connectivity index (χ1n) is 8.23. The molecule has 1 aliphatic carbocycles. The molecule has 114 valence electrons. The second-order valence-electron chi connectivity index (χ2n) is 5.84. The minimum absolute atomic E-state index is 0.0969. The first-order chi connectivity index (χ1) is 10.3. The van der Waals surface area contributed by atoms with Crippen LogP contribution in [0.25, 0.3) is 0 Å². The molecule has 0 unspecified atom stereocenters. The zero-order chi connectivity index (χ0) is 14.9. The molecule has 1 N–H and O–H groups in total. The van der Waals surface area contributed by atoms with E-state index in [4.69, 9.17) is 0 Å². The Balaban J connectivity index is 2.00. The van der Waals surface area contributed by atoms with Gasteiger partial charge in [0.2, 0.25) is 5.91 Å². The van der Waals surface area contributed by atoms with Gasteiger partial charge in [0.15, 0.2) is 0 Å². The van der Waals surface area contributed by atoms with Crippen molar-refractivity contribution in [2.24, 2.45) is 11.0 Å². The Morgan fingerprint density at radius 2 is 1.90 bits per heavy atom. The van der Waals surface area contributed by atoms with Gasteiger partial charge < -0.3 is 0 Å². The standard InChI is InChI=1S/C18H26N2O/c1-2-3-14-17(15-10-6-4-7-11-15)19-20-18(21)16-12-8-5-9-13-16/h4,6-7,10-11,16H,2-3,5,8-9,12-14H2,1H3,(H,20,21)/b19-17-. The van der Waals surface area contributed by atoms with Crippen molar-refractivity contribution in [2.45, 2.75) is 58.3 Å². The average molecular weight is 286 g/mol. The highest BCUT2D eigenvalue weighted by Gasteiger charge is 2.20. The molecule has 1 aromatic rings. The van der Waals surface area contributed by atoms with Gasteiger partial charge in [-0.2, -0.15) is 5.10 Å². The normalized spacial score (nSPS) is 16.7. The third-order valence-electron chi connectivity index (χ3n) is 4.15. The number of carbonyl (C=O) groups is 1. The first kappa shape index (κ1) is 15.7. The largest absolute Gasteiger partial charge is 0.273 e. The Morgan fingerprint density at radius 1 is 1.19 bits per heavy atom. The molecule has 1 saturated carbocycles. The number of unbranched alkanes of at least 4 members (excludes halogenated alkanes) is 1. The van der Waals surface area contributed by atoms with Crippen molar-refractivity contribution in [3.05, 3.63) is 35.9 Å². The van der Waals surface area contributed by atoms with Crippen molar-refractivity contribution in [1.29, 1.82) is 0 Å². The van der Waals surface area contributed by atoms with E-state index in [-0.39, 0.29) is 11.8 Å². The van der Waals surface area contributed by atoms with Crippen molar-refractivity contribution in [3.8, 4) is 0 Å². The highest BCUT2D eigenvalue weighted by molar-refractivity contribution is 6.01. The summed E-state index contributed by atoms with van der Waals surface area (Å²) in [5.41, 5.74) is 4.90. The molecule has 3 heteroatoms. The summed E-state index contributed by atoms with van der Waals surface area (Å²) >= 11 is 0. The van der Waals surface area contributed by atoms with Crippen LogP contribution in [0.4, 0.5) is 0 Å². The van der Waals surface area contributed by atoms with Gasteiger partial charge in [0, 0.05) is 5.92 Å². The van der Waals surface area contributed by atoms with Gasteiger partial charge in [-0.1, -0.05) is 62.9 Å². The average Bonchev–Trinajstić information content (AvgIpc) is 2.56. The SMILES string of the molecule is CCCC/C(=N/NC(=O)C1CCCCC1)c1ccccc1. The molecule has 1 aliphatic rings. The predicted molar refractivity (Wildman–Crippen MR) is 87.2 cm³/mol. The van der Waals surface area contributed by atoms with Crippen LogP contribution in [-0.4, -0.2) is 11.6 Å². The number of hydrogen-bond acceptors (Lipinski definition) is 2. The van der Waals surface area contributed by atoms with Crippen LogP contribution in [-0.2, 0) is 4.79 Å². The summed E-state index contributed by atoms with van der Waals surface area (Å²) < 4.78 is 0. The van der Waals surface area contributed by atoms with Crippen LogP contribution in [0, 0.1) is 5.92 Å². The lowest BCUT2D eigenvalue weighted by molar-refractivity contribution is -0.125. The van der Waals surface area contributed by atoms with Crippen LogP contribution in [0.5, 0.6) is 0 Å². The molecule has 2 rings (SSSR count). The van der Waals surface area contributed by atoms with Crippen molar-refractivity contribution in [2.75, 3.05) is 0 Å². The topological polar surface area (TPSA) is 41.5 Å². The number of hydrazone groups is 1. The maximum absolute atomic E-state index is 12.2. The Bertz CT molecular complexity index is 461. The summed E-state index contributed by atoms with van der Waals surface area (Å²) in [6, 6.07) is 10.1. The fourth-order valence-electron chi connectivity index (χ4n) is 2.82. The summed E-state index contributed by atoms with van der Waals surface area (Å²) in [4.78, 5) is 12.2. The van der Waals surface area contributed by atoms with Crippen molar-refractivity contribution in [1.82, 2.24) is 5.43 Å². The monoisotopic (exact) mass is 286 g/mol. The highest BCUT2D eigenvalue weighted by atomic mass is 16.2. The van der Waals surface area contributed by atoms with E-state index in [1.54, 1.807) is 0 Å². The number of hydrogen-bond donors (Lipinski definition) is 1. The third kappa shape index (κ3) is 5.00. The molecule has 0 aliphatic heterocycles. The summed E-state index contributed by atoms with van der Waals surface area (Å²) in [5, 5.41) is 4.42. The van der Waals surface area contributed by atoms with Gasteiger partial charge in [-0.3, -0.25) is 4.79 Å². The van der Waals surface area contributed by atoms with E-state index in [1.165, 1.54) is 19.3 Å². The number of carbonyl (C=O) groups excluding carboxylic acids is 1. The van der Waals surface area contributed by atoms with Crippen LogP contribution in [0.3, 0.4) is 0 Å². The van der Waals surface area contributed by atoms with E-state index in [1.807, 2.05) is 18.2 Å². The minimum Gasteiger partial charge on any atom is -0.273 e. The zero-order valence-corrected chi connectivity index (χ0v) is 13.0. The van der Waals surface area contributed by atoms with Crippen LogP contribution in [0.15, 0.2) is 35.4 Å². The molecule has 1 aromatic carbocycles. The maximum atomic E-state index is 12.2. The van der Waals surface area contributed by atoms with Gasteiger partial charge in [-0.25, -0.2) is 5.43 Å². The van der Waals surface area contributed by atoms with E-state index < -0.39 is 0 Å². The highest BCUT2D eigenvalue weighted by Crippen LogP contribution is 2.23. The summed E-state index contributed by atoms with van der Waals surface area (Å²) in [6.07, 6.45) is 8.75. The van der Waals surface area contributed by atoms with Crippen LogP contribution in [0.1, 0.15) is 63.9 Å². The number of nitrogens with one attached hydrogen (secondary N) is 1. The van der Waals surface area contributed by atoms with Gasteiger partial charge in [-0.15, -0.1) is 0 Å². The minimum atomic E-state index is 0.0969. The Labute approximate surface area is 127 Å². The Morgan fingerprint density at radius 3 is 2.57 bits per heavy atom. The molecule has 0 heterocycles. The smallest absolute Gasteiger partial charge is 0.243 e. The van der Waals surface area contributed by atoms with Crippen LogP contribution >= 0.6 is 0 Å². The summed E-state index contributed by atoms with van der Waals surface area (Å²) in [7, 11) is 0. The molecule has 0 atom stereocenters. The van der Waals surface area contributed by atoms with E-state index in [0.29, 0.717) is 0 Å². The van der Waals surface area contributed by atoms with Gasteiger partial charge >= 0.3 is 0 Å². The quantitative estimate of drug-likeness (QED) is 0.615. The second-order valence-corrected chi connectivity index (χ2v) is 5.84. The molecule has 0 spiro atoms. The Hall–Kier alpha value is -1.64. The molecular formula is C18H26N2O. The van der Waals surface area contributed by atoms with Gasteiger partial charge in [-0.05, 0) is 31.2 Å². The predicted octanol–water partition coefficient (Wildman–Crippen LogP) is 4.28. The molecular weight excluding hydrogens is 260 g/mol. The van der Waals surface area contributed by atoms with Crippen LogP contribution < -0.4 is 5.43 Å². The number of amides is 1. The van der Waals surface area contributed by atoms with Crippen molar-refractivity contribution in [3.63, 3.8) is 0 Å². The van der Waals surface area contributed by atoms with Crippen LogP contribution in [0.2, 0.25) is 0 Å². The first-order valence-corrected chi connectivity index (χ1v) is 8.23. The molecule has 1 fully saturated rings. The van der Waals surface area contributed by atoms with Gasteiger partial charge in [0.05, 0.1) is 5.71 Å². The lowest BCUT2D eigenvalue weighted by Gasteiger charge is -2.19. The summed E-state index contributed by atoms with van der Waals surface area (Å²) in [5.74, 6) is 0.255. The lowest BCUT2D eigenvalue weighted by Crippen LogP contribution is -2.29. The molecule has 1 amide bonds. The maximum Gasteiger partial charge on any atom is 0.243 e. The molecule has 0 saturated heterocycles. The summed E-state index contributed by atoms with van der Waals surface area (Å²) in [6.45, 7) is 2.17. The molecule has 0 aromatic heterocycles. The third-order valence-corrected chi connectivity index (χ3v) is 4.15. The molecule has 21 heavy (non-hydrogen) atoms. The van der Waals surface area contributed by atoms with Crippen molar-refractivity contribution >= 4 is 11.6 Å². The second kappa shape index (κ2) is 8.60. The van der Waals surface area contributed by atoms with Gasteiger partial charge in [0.1, 0.15) is 0 Å².